The van der Waals surface area contributed by atoms with E-state index in [1.807, 2.05) is 19.9 Å². The predicted molar refractivity (Wildman–Crippen MR) is 63.3 cm³/mol. The molecule has 0 aromatic heterocycles. The fraction of sp³-hybridized carbons (Fsp3) is 0.417. The molecule has 3 nitrogen and oxygen atoms in total. The van der Waals surface area contributed by atoms with Crippen LogP contribution in [-0.4, -0.2) is 17.7 Å². The first-order valence-electron chi connectivity index (χ1n) is 5.18. The Morgan fingerprint density at radius 3 is 2.75 bits per heavy atom. The molecule has 0 aliphatic carbocycles. The van der Waals surface area contributed by atoms with Crippen LogP contribution in [0.3, 0.4) is 0 Å². The van der Waals surface area contributed by atoms with Gasteiger partial charge in [0.1, 0.15) is 5.75 Å². The third-order valence-electron chi connectivity index (χ3n) is 2.30. The molecule has 0 aliphatic heterocycles. The summed E-state index contributed by atoms with van der Waals surface area (Å²) in [5, 5.41) is 9.15. The van der Waals surface area contributed by atoms with E-state index in [1.165, 1.54) is 0 Å². The molecule has 0 aliphatic rings. The van der Waals surface area contributed by atoms with Crippen molar-refractivity contribution in [3.8, 4) is 5.75 Å². The average Bonchev–Trinajstić information content (AvgIpc) is 2.21. The van der Waals surface area contributed by atoms with Gasteiger partial charge < -0.3 is 9.84 Å². The summed E-state index contributed by atoms with van der Waals surface area (Å²) in [6.07, 6.45) is 0.610. The number of aliphatic carboxylic acids is 1. The zero-order valence-electron chi connectivity index (χ0n) is 9.42. The second kappa shape index (κ2) is 5.75. The molecule has 0 spiro atoms. The second-order valence-electron chi connectivity index (χ2n) is 3.54. The highest BCUT2D eigenvalue weighted by Gasteiger charge is 2.08. The molecule has 16 heavy (non-hydrogen) atoms. The number of rotatable bonds is 5. The van der Waals surface area contributed by atoms with Gasteiger partial charge >= 0.3 is 5.97 Å². The molecular formula is C12H15ClO3. The van der Waals surface area contributed by atoms with Crippen molar-refractivity contribution in [3.05, 3.63) is 28.3 Å². The number of aryl methyl sites for hydroxylation is 2. The molecular weight excluding hydrogens is 228 g/mol. The van der Waals surface area contributed by atoms with Crippen molar-refractivity contribution in [2.24, 2.45) is 0 Å². The second-order valence-corrected chi connectivity index (χ2v) is 3.94. The van der Waals surface area contributed by atoms with E-state index in [9.17, 15) is 4.79 Å². The number of hydrogen-bond acceptors (Lipinski definition) is 2. The maximum absolute atomic E-state index is 10.5. The van der Waals surface area contributed by atoms with E-state index in [0.717, 1.165) is 11.1 Å². The van der Waals surface area contributed by atoms with Gasteiger partial charge in [-0.2, -0.15) is 0 Å². The van der Waals surface area contributed by atoms with Gasteiger partial charge in [0, 0.05) is 6.42 Å². The average molecular weight is 243 g/mol. The quantitative estimate of drug-likeness (QED) is 0.863. The van der Waals surface area contributed by atoms with Crippen LogP contribution in [0.4, 0.5) is 0 Å². The minimum absolute atomic E-state index is 0.116. The number of carboxylic acids is 1. The van der Waals surface area contributed by atoms with Crippen molar-refractivity contribution in [1.82, 2.24) is 0 Å². The zero-order chi connectivity index (χ0) is 12.1. The Labute approximate surface area is 100.0 Å². The summed E-state index contributed by atoms with van der Waals surface area (Å²) in [5.41, 5.74) is 1.96. The van der Waals surface area contributed by atoms with E-state index in [4.69, 9.17) is 21.4 Å². The van der Waals surface area contributed by atoms with Crippen LogP contribution >= 0.6 is 11.6 Å². The van der Waals surface area contributed by atoms with Gasteiger partial charge in [-0.15, -0.1) is 0 Å². The first kappa shape index (κ1) is 12.8. The molecule has 1 aromatic carbocycles. The van der Waals surface area contributed by atoms with Gasteiger partial charge in [0.15, 0.2) is 0 Å². The largest absolute Gasteiger partial charge is 0.492 e. The van der Waals surface area contributed by atoms with Crippen LogP contribution in [0.5, 0.6) is 5.75 Å². The molecule has 0 saturated heterocycles. The molecule has 4 heteroatoms. The van der Waals surface area contributed by atoms with Crippen LogP contribution in [0.1, 0.15) is 24.5 Å². The first-order valence-corrected chi connectivity index (χ1v) is 5.56. The third kappa shape index (κ3) is 3.42. The molecule has 0 amide bonds. The maximum atomic E-state index is 10.5. The van der Waals surface area contributed by atoms with E-state index < -0.39 is 5.97 Å². The minimum atomic E-state index is -0.801. The van der Waals surface area contributed by atoms with E-state index >= 15 is 0 Å². The number of carboxylic acid groups (broad SMARTS) is 1. The summed E-state index contributed by atoms with van der Waals surface area (Å²) >= 11 is 6.02. The summed E-state index contributed by atoms with van der Waals surface area (Å²) in [6.45, 7) is 4.38. The van der Waals surface area contributed by atoms with Gasteiger partial charge in [-0.25, -0.2) is 0 Å². The summed E-state index contributed by atoms with van der Waals surface area (Å²) in [5.74, 6) is -0.148. The van der Waals surface area contributed by atoms with Crippen molar-refractivity contribution in [2.45, 2.75) is 26.7 Å². The van der Waals surface area contributed by atoms with E-state index in [1.54, 1.807) is 6.07 Å². The van der Waals surface area contributed by atoms with E-state index in [-0.39, 0.29) is 6.42 Å². The summed E-state index contributed by atoms with van der Waals surface area (Å²) in [7, 11) is 0. The highest BCUT2D eigenvalue weighted by atomic mass is 35.5. The van der Waals surface area contributed by atoms with Crippen molar-refractivity contribution < 1.29 is 14.6 Å². The molecule has 0 fully saturated rings. The van der Waals surface area contributed by atoms with Crippen LogP contribution in [0, 0.1) is 6.92 Å². The normalized spacial score (nSPS) is 10.2. The SMILES string of the molecule is CCOc1cc(C)c(CCC(=O)O)cc1Cl. The molecule has 88 valence electrons. The van der Waals surface area contributed by atoms with Gasteiger partial charge in [0.25, 0.3) is 0 Å². The monoisotopic (exact) mass is 242 g/mol. The molecule has 1 N–H and O–H groups in total. The lowest BCUT2D eigenvalue weighted by Gasteiger charge is -2.10. The summed E-state index contributed by atoms with van der Waals surface area (Å²) in [4.78, 5) is 10.5. The first-order chi connectivity index (χ1) is 7.54. The number of ether oxygens (including phenoxy) is 1. The fourth-order valence-electron chi connectivity index (χ4n) is 1.47. The molecule has 0 unspecified atom stereocenters. The number of carbonyl (C=O) groups is 1. The Balaban J connectivity index is 2.87. The van der Waals surface area contributed by atoms with Gasteiger partial charge in [-0.05, 0) is 43.5 Å². The smallest absolute Gasteiger partial charge is 0.303 e. The van der Waals surface area contributed by atoms with Crippen LogP contribution in [-0.2, 0) is 11.2 Å². The standard InChI is InChI=1S/C12H15ClO3/c1-3-16-11-6-8(2)9(7-10(11)13)4-5-12(14)15/h6-7H,3-5H2,1-2H3,(H,14,15). The van der Waals surface area contributed by atoms with Crippen molar-refractivity contribution >= 4 is 17.6 Å². The zero-order valence-corrected chi connectivity index (χ0v) is 10.2. The van der Waals surface area contributed by atoms with Crippen LogP contribution in [0.25, 0.3) is 0 Å². The predicted octanol–water partition coefficient (Wildman–Crippen LogP) is 3.06. The highest BCUT2D eigenvalue weighted by Crippen LogP contribution is 2.28. The summed E-state index contributed by atoms with van der Waals surface area (Å²) in [6, 6.07) is 3.63. The lowest BCUT2D eigenvalue weighted by molar-refractivity contribution is -0.136. The van der Waals surface area contributed by atoms with E-state index in [2.05, 4.69) is 0 Å². The van der Waals surface area contributed by atoms with E-state index in [0.29, 0.717) is 23.8 Å². The molecule has 0 bridgehead atoms. The van der Waals surface area contributed by atoms with Gasteiger partial charge in [0.2, 0.25) is 0 Å². The topological polar surface area (TPSA) is 46.5 Å². The lowest BCUT2D eigenvalue weighted by Crippen LogP contribution is -2.00. The van der Waals surface area contributed by atoms with Crippen molar-refractivity contribution in [3.63, 3.8) is 0 Å². The molecule has 0 atom stereocenters. The molecule has 0 radical (unpaired) electrons. The summed E-state index contributed by atoms with van der Waals surface area (Å²) < 4.78 is 5.35. The van der Waals surface area contributed by atoms with Crippen LogP contribution in [0.15, 0.2) is 12.1 Å². The van der Waals surface area contributed by atoms with Crippen molar-refractivity contribution in [2.75, 3.05) is 6.61 Å². The van der Waals surface area contributed by atoms with Crippen LogP contribution in [0.2, 0.25) is 5.02 Å². The highest BCUT2D eigenvalue weighted by molar-refractivity contribution is 6.32. The molecule has 1 rings (SSSR count). The Morgan fingerprint density at radius 2 is 2.19 bits per heavy atom. The number of benzene rings is 1. The molecule has 1 aromatic rings. The van der Waals surface area contributed by atoms with Gasteiger partial charge in [-0.1, -0.05) is 11.6 Å². The fourth-order valence-corrected chi connectivity index (χ4v) is 1.71. The minimum Gasteiger partial charge on any atom is -0.492 e. The Morgan fingerprint density at radius 1 is 1.50 bits per heavy atom. The number of halogens is 1. The van der Waals surface area contributed by atoms with Crippen molar-refractivity contribution in [1.29, 1.82) is 0 Å². The Hall–Kier alpha value is -1.22. The van der Waals surface area contributed by atoms with Gasteiger partial charge in [0.05, 0.1) is 11.6 Å². The lowest BCUT2D eigenvalue weighted by atomic mass is 10.0. The third-order valence-corrected chi connectivity index (χ3v) is 2.59. The van der Waals surface area contributed by atoms with Crippen LogP contribution < -0.4 is 4.74 Å². The maximum Gasteiger partial charge on any atom is 0.303 e. The Kier molecular flexibility index (Phi) is 4.62. The number of hydrogen-bond donors (Lipinski definition) is 1. The molecule has 0 saturated carbocycles. The van der Waals surface area contributed by atoms with Gasteiger partial charge in [-0.3, -0.25) is 4.79 Å². The Bertz CT molecular complexity index is 388. The molecule has 0 heterocycles.